The summed E-state index contributed by atoms with van der Waals surface area (Å²) in [5.41, 5.74) is 2.78. The SMILES string of the molecule is CC.CC.CCC(C=O)=C(C)C.O=Cc1ccccc1.O=Cc1cccs1. The Balaban J connectivity index is -0.000000293. The maximum atomic E-state index is 10.1. The first-order chi connectivity index (χ1) is 13.1. The van der Waals surface area contributed by atoms with E-state index in [0.717, 1.165) is 46.9 Å². The van der Waals surface area contributed by atoms with E-state index in [-0.39, 0.29) is 0 Å². The lowest BCUT2D eigenvalue weighted by Crippen LogP contribution is -1.83. The van der Waals surface area contributed by atoms with Crippen molar-refractivity contribution in [3.63, 3.8) is 0 Å². The van der Waals surface area contributed by atoms with Gasteiger partial charge in [0.25, 0.3) is 0 Å². The minimum absolute atomic E-state index is 0.729. The second-order valence-electron chi connectivity index (χ2n) is 4.66. The number of hydrogen-bond donors (Lipinski definition) is 0. The third kappa shape index (κ3) is 18.3. The van der Waals surface area contributed by atoms with Gasteiger partial charge in [0.1, 0.15) is 12.6 Å². The first-order valence-electron chi connectivity index (χ1n) is 9.19. The highest BCUT2D eigenvalue weighted by Crippen LogP contribution is 2.03. The van der Waals surface area contributed by atoms with Crippen LogP contribution in [0.5, 0.6) is 0 Å². The molecule has 0 atom stereocenters. The van der Waals surface area contributed by atoms with Gasteiger partial charge in [0.05, 0.1) is 4.88 Å². The number of carbonyl (C=O) groups is 3. The van der Waals surface area contributed by atoms with Crippen molar-refractivity contribution in [2.45, 2.75) is 54.9 Å². The Hall–Kier alpha value is -2.33. The van der Waals surface area contributed by atoms with E-state index in [1.54, 1.807) is 18.2 Å². The molecular formula is C23H34O3S. The van der Waals surface area contributed by atoms with E-state index in [1.807, 2.05) is 78.1 Å². The third-order valence-electron chi connectivity index (χ3n) is 2.76. The Morgan fingerprint density at radius 2 is 1.41 bits per heavy atom. The van der Waals surface area contributed by atoms with Crippen LogP contribution in [-0.4, -0.2) is 18.9 Å². The molecule has 1 aromatic heterocycles. The number of rotatable bonds is 4. The maximum absolute atomic E-state index is 10.1. The molecule has 0 fully saturated rings. The fraction of sp³-hybridized carbons (Fsp3) is 0.348. The second kappa shape index (κ2) is 23.7. The first-order valence-corrected chi connectivity index (χ1v) is 10.1. The lowest BCUT2D eigenvalue weighted by atomic mass is 10.1. The molecule has 0 saturated heterocycles. The molecule has 0 aliphatic heterocycles. The summed E-state index contributed by atoms with van der Waals surface area (Å²) in [5, 5.41) is 1.88. The predicted octanol–water partition coefficient (Wildman–Crippen LogP) is 7.04. The van der Waals surface area contributed by atoms with Crippen LogP contribution in [0.2, 0.25) is 0 Å². The Bertz CT molecular complexity index is 596. The van der Waals surface area contributed by atoms with Crippen LogP contribution in [0.25, 0.3) is 0 Å². The molecule has 0 aliphatic rings. The summed E-state index contributed by atoms with van der Waals surface area (Å²) in [5.74, 6) is 0. The van der Waals surface area contributed by atoms with Gasteiger partial charge in [0, 0.05) is 5.56 Å². The third-order valence-corrected chi connectivity index (χ3v) is 3.56. The van der Waals surface area contributed by atoms with Crippen LogP contribution in [0.3, 0.4) is 0 Å². The zero-order chi connectivity index (χ0) is 21.5. The van der Waals surface area contributed by atoms with Crippen LogP contribution in [0.4, 0.5) is 0 Å². The van der Waals surface area contributed by atoms with Gasteiger partial charge in [-0.25, -0.2) is 0 Å². The zero-order valence-corrected chi connectivity index (χ0v) is 18.5. The van der Waals surface area contributed by atoms with Gasteiger partial charge in [-0.2, -0.15) is 0 Å². The molecule has 0 bridgehead atoms. The topological polar surface area (TPSA) is 51.2 Å². The standard InChI is InChI=1S/C7H6O.C7H12O.C5H4OS.2C2H6/c8-6-7-4-2-1-3-5-7;1-4-7(5-8)6(2)3;6-4-5-2-1-3-7-5;2*1-2/h1-6H;5H,4H2,1-3H3;1-4H;2*1-2H3. The van der Waals surface area contributed by atoms with Crippen molar-refractivity contribution < 1.29 is 14.4 Å². The molecule has 1 aromatic carbocycles. The second-order valence-corrected chi connectivity index (χ2v) is 5.64. The number of thiophene rings is 1. The molecule has 4 heteroatoms. The number of carbonyl (C=O) groups excluding carboxylic acids is 3. The number of allylic oxidation sites excluding steroid dienone is 2. The quantitative estimate of drug-likeness (QED) is 0.415. The molecule has 2 rings (SSSR count). The Kier molecular flexibility index (Phi) is 25.8. The highest BCUT2D eigenvalue weighted by atomic mass is 32.1. The van der Waals surface area contributed by atoms with Crippen molar-refractivity contribution in [3.05, 3.63) is 69.4 Å². The van der Waals surface area contributed by atoms with Gasteiger partial charge in [-0.3, -0.25) is 14.4 Å². The minimum atomic E-state index is 0.729. The molecule has 150 valence electrons. The molecule has 0 radical (unpaired) electrons. The average Bonchev–Trinajstić information content (AvgIpc) is 3.27. The van der Waals surface area contributed by atoms with Gasteiger partial charge in [0.15, 0.2) is 6.29 Å². The molecular weight excluding hydrogens is 356 g/mol. The van der Waals surface area contributed by atoms with Crippen LogP contribution in [0.1, 0.15) is 74.9 Å². The van der Waals surface area contributed by atoms with Gasteiger partial charge in [-0.05, 0) is 37.3 Å². The van der Waals surface area contributed by atoms with Crippen LogP contribution in [-0.2, 0) is 4.79 Å². The predicted molar refractivity (Wildman–Crippen MR) is 119 cm³/mol. The monoisotopic (exact) mass is 390 g/mol. The van der Waals surface area contributed by atoms with Crippen LogP contribution < -0.4 is 0 Å². The van der Waals surface area contributed by atoms with Gasteiger partial charge in [0.2, 0.25) is 0 Å². The highest BCUT2D eigenvalue weighted by molar-refractivity contribution is 7.11. The average molecular weight is 391 g/mol. The summed E-state index contributed by atoms with van der Waals surface area (Å²) in [6, 6.07) is 12.7. The van der Waals surface area contributed by atoms with Gasteiger partial charge < -0.3 is 0 Å². The number of hydrogen-bond acceptors (Lipinski definition) is 4. The minimum Gasteiger partial charge on any atom is -0.298 e. The summed E-state index contributed by atoms with van der Waals surface area (Å²) >= 11 is 1.45. The van der Waals surface area contributed by atoms with Crippen LogP contribution in [0.15, 0.2) is 59.0 Å². The lowest BCUT2D eigenvalue weighted by molar-refractivity contribution is -0.105. The van der Waals surface area contributed by atoms with Crippen LogP contribution in [0, 0.1) is 0 Å². The van der Waals surface area contributed by atoms with Gasteiger partial charge in [-0.15, -0.1) is 11.3 Å². The van der Waals surface area contributed by atoms with E-state index in [4.69, 9.17) is 0 Å². The van der Waals surface area contributed by atoms with E-state index in [0.29, 0.717) is 0 Å². The molecule has 0 amide bonds. The van der Waals surface area contributed by atoms with Crippen molar-refractivity contribution in [2.24, 2.45) is 0 Å². The molecule has 27 heavy (non-hydrogen) atoms. The molecule has 2 aromatic rings. The van der Waals surface area contributed by atoms with E-state index >= 15 is 0 Å². The number of aldehydes is 3. The largest absolute Gasteiger partial charge is 0.298 e. The van der Waals surface area contributed by atoms with E-state index in [2.05, 4.69) is 0 Å². The Labute approximate surface area is 169 Å². The molecule has 0 unspecified atom stereocenters. The summed E-state index contributed by atoms with van der Waals surface area (Å²) in [6.07, 6.45) is 3.46. The van der Waals surface area contributed by atoms with Crippen molar-refractivity contribution in [2.75, 3.05) is 0 Å². The fourth-order valence-corrected chi connectivity index (χ4v) is 1.97. The number of benzene rings is 1. The summed E-state index contributed by atoms with van der Waals surface area (Å²) in [7, 11) is 0. The smallest absolute Gasteiger partial charge is 0.159 e. The zero-order valence-electron chi connectivity index (χ0n) is 17.7. The molecule has 0 aliphatic carbocycles. The van der Waals surface area contributed by atoms with Crippen molar-refractivity contribution in [1.29, 1.82) is 0 Å². The highest BCUT2D eigenvalue weighted by Gasteiger charge is 1.90. The maximum Gasteiger partial charge on any atom is 0.159 e. The molecule has 0 spiro atoms. The Morgan fingerprint density at radius 3 is 1.59 bits per heavy atom. The summed E-state index contributed by atoms with van der Waals surface area (Å²) in [6.45, 7) is 13.9. The van der Waals surface area contributed by atoms with E-state index in [9.17, 15) is 14.4 Å². The Morgan fingerprint density at radius 1 is 0.852 bits per heavy atom. The van der Waals surface area contributed by atoms with Gasteiger partial charge in [-0.1, -0.05) is 76.6 Å². The molecule has 1 heterocycles. The van der Waals surface area contributed by atoms with E-state index < -0.39 is 0 Å². The van der Waals surface area contributed by atoms with Gasteiger partial charge >= 0.3 is 0 Å². The van der Waals surface area contributed by atoms with Crippen LogP contribution >= 0.6 is 11.3 Å². The molecule has 0 N–H and O–H groups in total. The van der Waals surface area contributed by atoms with Crippen molar-refractivity contribution >= 4 is 30.2 Å². The molecule has 0 saturated carbocycles. The first kappa shape index (κ1) is 29.4. The van der Waals surface area contributed by atoms with Crippen molar-refractivity contribution in [1.82, 2.24) is 0 Å². The van der Waals surface area contributed by atoms with Crippen molar-refractivity contribution in [3.8, 4) is 0 Å². The molecule has 3 nitrogen and oxygen atoms in total. The van der Waals surface area contributed by atoms with E-state index in [1.165, 1.54) is 11.3 Å². The lowest BCUT2D eigenvalue weighted by Gasteiger charge is -1.93. The normalized spacial score (nSPS) is 7.67. The summed E-state index contributed by atoms with van der Waals surface area (Å²) in [4.78, 5) is 30.8. The summed E-state index contributed by atoms with van der Waals surface area (Å²) < 4.78 is 0. The fourth-order valence-electron chi connectivity index (χ4n) is 1.44.